The van der Waals surface area contributed by atoms with Crippen molar-refractivity contribution in [1.82, 2.24) is 0 Å². The normalized spacial score (nSPS) is 14.7. The molecule has 0 heterocycles. The van der Waals surface area contributed by atoms with Crippen molar-refractivity contribution in [1.29, 1.82) is 0 Å². The average molecular weight is 544 g/mol. The maximum Gasteiger partial charge on any atom is 0.468 e. The predicted octanol–water partition coefficient (Wildman–Crippen LogP) is 4.18. The maximum absolute atomic E-state index is 13.8. The lowest BCUT2D eigenvalue weighted by Gasteiger charge is -2.32. The van der Waals surface area contributed by atoms with Gasteiger partial charge in [-0.3, -0.25) is 4.55 Å². The van der Waals surface area contributed by atoms with Crippen LogP contribution in [0.2, 0.25) is 0 Å². The summed E-state index contributed by atoms with van der Waals surface area (Å²) in [6.07, 6.45) is -10.0. The molecule has 1 unspecified atom stereocenters. The zero-order valence-electron chi connectivity index (χ0n) is 17.2. The van der Waals surface area contributed by atoms with Crippen LogP contribution in [0, 0.1) is 0 Å². The van der Waals surface area contributed by atoms with Gasteiger partial charge < -0.3 is 14.2 Å². The first kappa shape index (κ1) is 30.2. The first-order valence-corrected chi connectivity index (χ1v) is 10.5. The van der Waals surface area contributed by atoms with Crippen LogP contribution in [0.3, 0.4) is 0 Å². The van der Waals surface area contributed by atoms with Crippen molar-refractivity contribution >= 4 is 22.1 Å². The summed E-state index contributed by atoms with van der Waals surface area (Å²) in [4.78, 5) is 23.7. The third-order valence-electron chi connectivity index (χ3n) is 3.99. The lowest BCUT2D eigenvalue weighted by molar-refractivity contribution is -0.352. The lowest BCUT2D eigenvalue weighted by atomic mass is 10.1. The van der Waals surface area contributed by atoms with Gasteiger partial charge in [-0.1, -0.05) is 24.8 Å². The minimum atomic E-state index is -6.53. The van der Waals surface area contributed by atoms with Crippen LogP contribution >= 0.6 is 0 Å². The molecule has 0 aliphatic rings. The Morgan fingerprint density at radius 1 is 0.971 bits per heavy atom. The van der Waals surface area contributed by atoms with E-state index < -0.39 is 82.6 Å². The van der Waals surface area contributed by atoms with Gasteiger partial charge in [-0.2, -0.15) is 43.5 Å². The fourth-order valence-corrected chi connectivity index (χ4v) is 2.71. The van der Waals surface area contributed by atoms with Crippen LogP contribution in [0.4, 0.5) is 35.1 Å². The molecule has 0 aliphatic carbocycles. The molecule has 1 rings (SSSR count). The lowest BCUT2D eigenvalue weighted by Crippen LogP contribution is -2.59. The van der Waals surface area contributed by atoms with E-state index in [2.05, 4.69) is 20.8 Å². The van der Waals surface area contributed by atoms with Crippen LogP contribution in [0.15, 0.2) is 42.7 Å². The number of para-hydroxylation sites is 1. The van der Waals surface area contributed by atoms with E-state index in [4.69, 9.17) is 4.55 Å². The van der Waals surface area contributed by atoms with Crippen molar-refractivity contribution < 1.29 is 71.9 Å². The summed E-state index contributed by atoms with van der Waals surface area (Å²) in [6.45, 7) is 1.02. The number of alkyl halides is 7. The summed E-state index contributed by atoms with van der Waals surface area (Å²) in [5.74, 6) is -17.4. The number of carbonyl (C=O) groups is 2. The predicted molar refractivity (Wildman–Crippen MR) is 98.4 cm³/mol. The Kier molecular flexibility index (Phi) is 9.38. The van der Waals surface area contributed by atoms with E-state index in [-0.39, 0.29) is 0 Å². The molecule has 0 saturated heterocycles. The molecule has 1 aromatic rings. The molecule has 35 heavy (non-hydrogen) atoms. The van der Waals surface area contributed by atoms with Crippen LogP contribution in [-0.2, 0) is 29.2 Å². The second-order valence-corrected chi connectivity index (χ2v) is 8.08. The Labute approximate surface area is 192 Å². The highest BCUT2D eigenvalue weighted by molar-refractivity contribution is 7.87. The molecule has 1 N–H and O–H groups in total. The van der Waals surface area contributed by atoms with E-state index in [1.54, 1.807) is 0 Å². The number of benzene rings is 1. The highest BCUT2D eigenvalue weighted by Gasteiger charge is 2.68. The summed E-state index contributed by atoms with van der Waals surface area (Å²) in [5, 5.41) is -5.91. The van der Waals surface area contributed by atoms with Gasteiger partial charge in [0, 0.05) is 6.42 Å². The summed E-state index contributed by atoms with van der Waals surface area (Å²) < 4.78 is 149. The van der Waals surface area contributed by atoms with Crippen LogP contribution in [0.1, 0.15) is 19.3 Å². The van der Waals surface area contributed by atoms with Crippen molar-refractivity contribution in [3.8, 4) is 5.75 Å². The molecule has 1 aromatic carbocycles. The van der Waals surface area contributed by atoms with Crippen molar-refractivity contribution in [3.05, 3.63) is 42.7 Å². The number of hydrogen-bond donors (Lipinski definition) is 1. The number of unbranched alkanes of at least 4 members (excludes halogenated alkanes) is 1. The van der Waals surface area contributed by atoms with Crippen LogP contribution < -0.4 is 4.74 Å². The van der Waals surface area contributed by atoms with Gasteiger partial charge in [0.25, 0.3) is 0 Å². The fraction of sp³-hybridized carbons (Fsp3) is 0.444. The van der Waals surface area contributed by atoms with E-state index in [1.165, 1.54) is 18.2 Å². The summed E-state index contributed by atoms with van der Waals surface area (Å²) in [5.41, 5.74) is 0. The fourth-order valence-electron chi connectivity index (χ4n) is 2.23. The van der Waals surface area contributed by atoms with Gasteiger partial charge in [-0.15, -0.1) is 0 Å². The molecule has 0 radical (unpaired) electrons. The largest absolute Gasteiger partial charge is 0.468 e. The Balaban J connectivity index is 3.09. The highest BCUT2D eigenvalue weighted by Crippen LogP contribution is 2.42. The van der Waals surface area contributed by atoms with Gasteiger partial charge in [0.15, 0.2) is 0 Å². The van der Waals surface area contributed by atoms with Crippen LogP contribution in [0.25, 0.3) is 0 Å². The first-order chi connectivity index (χ1) is 15.8. The SMILES string of the molecule is C=C(F)C(=O)OC(OCCCCC(F)(F)C(F)(F)S(=O)(=O)O)(C(=O)Oc1ccccc1)C(F)(F)F. The Morgan fingerprint density at radius 2 is 1.51 bits per heavy atom. The van der Waals surface area contributed by atoms with Crippen molar-refractivity contribution in [2.24, 2.45) is 0 Å². The summed E-state index contributed by atoms with van der Waals surface area (Å²) in [6, 6.07) is 5.87. The van der Waals surface area contributed by atoms with Crippen LogP contribution in [0.5, 0.6) is 5.75 Å². The molecule has 0 saturated carbocycles. The zero-order chi connectivity index (χ0) is 27.3. The molecule has 8 nitrogen and oxygen atoms in total. The molecule has 17 heteroatoms. The van der Waals surface area contributed by atoms with Gasteiger partial charge in [0.2, 0.25) is 5.83 Å². The van der Waals surface area contributed by atoms with Gasteiger partial charge in [-0.25, -0.2) is 9.59 Å². The van der Waals surface area contributed by atoms with Gasteiger partial charge in [0.1, 0.15) is 5.75 Å². The Hall–Kier alpha value is -2.79. The molecule has 0 bridgehead atoms. The molecule has 198 valence electrons. The number of carbonyl (C=O) groups excluding carboxylic acids is 2. The van der Waals surface area contributed by atoms with E-state index >= 15 is 0 Å². The number of rotatable bonds is 12. The molecule has 0 aliphatic heterocycles. The van der Waals surface area contributed by atoms with Crippen molar-refractivity contribution in [2.45, 2.75) is 42.4 Å². The quantitative estimate of drug-likeness (QED) is 0.0793. The first-order valence-electron chi connectivity index (χ1n) is 9.07. The standard InChI is InChI=1S/C18H16F8O8S/c1-11(19)13(27)34-16(17(22,23)24,14(28)33-12-7-3-2-4-8-12)32-10-6-5-9-15(20,21)18(25,26)35(29,30)31/h2-4,7-8H,1,5-6,9-10H2,(H,29,30,31). The molecule has 0 fully saturated rings. The van der Waals surface area contributed by atoms with E-state index in [9.17, 15) is 53.1 Å². The second kappa shape index (κ2) is 10.9. The zero-order valence-corrected chi connectivity index (χ0v) is 18.0. The number of halogens is 8. The van der Waals surface area contributed by atoms with E-state index in [0.29, 0.717) is 0 Å². The maximum atomic E-state index is 13.8. The number of hydrogen-bond acceptors (Lipinski definition) is 7. The topological polar surface area (TPSA) is 116 Å². The molecule has 1 atom stereocenters. The third kappa shape index (κ3) is 7.11. The highest BCUT2D eigenvalue weighted by atomic mass is 32.2. The van der Waals surface area contributed by atoms with Crippen molar-refractivity contribution in [3.63, 3.8) is 0 Å². The van der Waals surface area contributed by atoms with Gasteiger partial charge in [-0.05, 0) is 25.0 Å². The Morgan fingerprint density at radius 3 is 1.97 bits per heavy atom. The van der Waals surface area contributed by atoms with Crippen molar-refractivity contribution in [2.75, 3.05) is 6.61 Å². The number of ether oxygens (including phenoxy) is 3. The summed E-state index contributed by atoms with van der Waals surface area (Å²) >= 11 is 0. The summed E-state index contributed by atoms with van der Waals surface area (Å²) in [7, 11) is -6.53. The molecule has 0 spiro atoms. The number of esters is 2. The second-order valence-electron chi connectivity index (χ2n) is 6.61. The molecular formula is C18H16F8O8S. The minimum Gasteiger partial charge on any atom is -0.421 e. The molecule has 0 amide bonds. The van der Waals surface area contributed by atoms with E-state index in [0.717, 1.165) is 12.1 Å². The van der Waals surface area contributed by atoms with Gasteiger partial charge in [0.05, 0.1) is 6.61 Å². The molecular weight excluding hydrogens is 528 g/mol. The monoisotopic (exact) mass is 544 g/mol. The van der Waals surface area contributed by atoms with E-state index in [1.807, 2.05) is 0 Å². The molecule has 0 aromatic heterocycles. The minimum absolute atomic E-state index is 0.503. The third-order valence-corrected chi connectivity index (χ3v) is 4.94. The van der Waals surface area contributed by atoms with Gasteiger partial charge >= 0.3 is 45.2 Å². The van der Waals surface area contributed by atoms with Crippen LogP contribution in [-0.4, -0.2) is 54.7 Å². The Bertz CT molecular complexity index is 1030. The smallest absolute Gasteiger partial charge is 0.421 e. The average Bonchev–Trinajstić information content (AvgIpc) is 2.71.